The molecule has 0 aliphatic carbocycles. The lowest BCUT2D eigenvalue weighted by molar-refractivity contribution is 0.0615. The lowest BCUT2D eigenvalue weighted by Crippen LogP contribution is -2.34. The molecule has 0 aliphatic heterocycles. The topological polar surface area (TPSA) is 59.4 Å². The molecule has 0 saturated heterocycles. The molecule has 2 amide bonds. The van der Waals surface area contributed by atoms with Gasteiger partial charge >= 0.3 is 12.6 Å². The summed E-state index contributed by atoms with van der Waals surface area (Å²) in [5.41, 5.74) is 0.840. The molecule has 2 aromatic rings. The number of carbonyl (C=O) groups is 1. The molecule has 1 N–H and O–H groups in total. The van der Waals surface area contributed by atoms with Crippen molar-refractivity contribution in [2.45, 2.75) is 13.5 Å². The van der Waals surface area contributed by atoms with Gasteiger partial charge in [-0.05, 0) is 25.1 Å². The minimum Gasteiger partial charge on any atom is -0.380 e. The molecule has 1 aromatic carbocycles. The van der Waals surface area contributed by atoms with Crippen LogP contribution in [0.5, 0.6) is 0 Å². The van der Waals surface area contributed by atoms with Gasteiger partial charge in [0.15, 0.2) is 0 Å². The van der Waals surface area contributed by atoms with Crippen LogP contribution in [0.1, 0.15) is 13.5 Å². The number of anilines is 1. The number of nitrogens with one attached hydrogen (secondary N) is 1. The second-order valence-corrected chi connectivity index (χ2v) is 4.69. The normalized spacial score (nSPS) is 11.1. The third kappa shape index (κ3) is 3.70. The number of aromatic nitrogens is 2. The van der Waals surface area contributed by atoms with E-state index in [0.29, 0.717) is 41.0 Å². The van der Waals surface area contributed by atoms with Crippen LogP contribution in [0.3, 0.4) is 0 Å². The number of benzene rings is 1. The molecule has 22 heavy (non-hydrogen) atoms. The summed E-state index contributed by atoms with van der Waals surface area (Å²) in [6, 6.07) is 4.39. The Balaban J connectivity index is 2.04. The highest BCUT2D eigenvalue weighted by Gasteiger charge is 2.13. The number of carbonyl (C=O) groups excluding carboxylic acids is 1. The lowest BCUT2D eigenvalue weighted by atomic mass is 10.2. The van der Waals surface area contributed by atoms with Crippen molar-refractivity contribution < 1.29 is 18.3 Å². The van der Waals surface area contributed by atoms with Crippen molar-refractivity contribution in [1.29, 1.82) is 0 Å². The number of fused-ring (bicyclic) bond motifs is 1. The van der Waals surface area contributed by atoms with E-state index in [0.717, 1.165) is 0 Å². The maximum atomic E-state index is 12.7. The van der Waals surface area contributed by atoms with Crippen molar-refractivity contribution in [1.82, 2.24) is 14.7 Å². The molecular weight excluding hydrogens is 294 g/mol. The van der Waals surface area contributed by atoms with Crippen molar-refractivity contribution in [3.8, 4) is 0 Å². The number of rotatable bonds is 6. The zero-order valence-corrected chi connectivity index (χ0v) is 12.4. The largest absolute Gasteiger partial charge is 0.380 e. The Kier molecular flexibility index (Phi) is 5.26. The van der Waals surface area contributed by atoms with E-state index in [1.54, 1.807) is 19.2 Å². The van der Waals surface area contributed by atoms with E-state index >= 15 is 0 Å². The van der Waals surface area contributed by atoms with Crippen LogP contribution in [0.2, 0.25) is 0 Å². The average Bonchev–Trinajstić information content (AvgIpc) is 2.90. The van der Waals surface area contributed by atoms with Crippen LogP contribution in [-0.4, -0.2) is 47.5 Å². The van der Waals surface area contributed by atoms with E-state index in [9.17, 15) is 13.6 Å². The standard InChI is InChI=1S/C14H18F2N4O2/c1-3-22-7-6-19(2)14(21)18-11-4-5-12-10(8-11)9-17-20(12)13(15)16/h4-5,8-9,13H,3,6-7H2,1-2H3,(H,18,21). The summed E-state index contributed by atoms with van der Waals surface area (Å²) in [6.45, 7) is 0.712. The number of likely N-dealkylation sites (N-methyl/N-ethyl adjacent to an activating group) is 1. The summed E-state index contributed by atoms with van der Waals surface area (Å²) in [7, 11) is 1.65. The zero-order valence-electron chi connectivity index (χ0n) is 12.4. The predicted molar refractivity (Wildman–Crippen MR) is 79.1 cm³/mol. The summed E-state index contributed by atoms with van der Waals surface area (Å²) >= 11 is 0. The number of hydrogen-bond donors (Lipinski definition) is 1. The molecule has 0 unspecified atom stereocenters. The van der Waals surface area contributed by atoms with Crippen LogP contribution in [0.15, 0.2) is 24.4 Å². The first kappa shape index (κ1) is 16.2. The number of urea groups is 1. The van der Waals surface area contributed by atoms with Gasteiger partial charge < -0.3 is 15.0 Å². The van der Waals surface area contributed by atoms with Crippen molar-refractivity contribution >= 4 is 22.6 Å². The molecule has 0 atom stereocenters. The molecular formula is C14H18F2N4O2. The third-order valence-electron chi connectivity index (χ3n) is 3.15. The van der Waals surface area contributed by atoms with Gasteiger partial charge in [0.1, 0.15) is 0 Å². The third-order valence-corrected chi connectivity index (χ3v) is 3.15. The van der Waals surface area contributed by atoms with E-state index in [1.807, 2.05) is 6.92 Å². The van der Waals surface area contributed by atoms with Crippen molar-refractivity contribution in [2.24, 2.45) is 0 Å². The van der Waals surface area contributed by atoms with E-state index in [-0.39, 0.29) is 6.03 Å². The monoisotopic (exact) mass is 312 g/mol. The number of amides is 2. The van der Waals surface area contributed by atoms with Gasteiger partial charge in [-0.15, -0.1) is 0 Å². The fourth-order valence-electron chi connectivity index (χ4n) is 1.95. The Bertz CT molecular complexity index is 645. The molecule has 6 nitrogen and oxygen atoms in total. The second kappa shape index (κ2) is 7.17. The minimum absolute atomic E-state index is 0.291. The Morgan fingerprint density at radius 3 is 2.95 bits per heavy atom. The van der Waals surface area contributed by atoms with Gasteiger partial charge in [0.25, 0.3) is 0 Å². The van der Waals surface area contributed by atoms with Gasteiger partial charge in [-0.3, -0.25) is 0 Å². The number of alkyl halides is 2. The summed E-state index contributed by atoms with van der Waals surface area (Å²) < 4.78 is 31.2. The molecule has 0 bridgehead atoms. The first-order valence-corrected chi connectivity index (χ1v) is 6.88. The van der Waals surface area contributed by atoms with E-state index < -0.39 is 6.55 Å². The van der Waals surface area contributed by atoms with E-state index in [2.05, 4.69) is 10.4 Å². The second-order valence-electron chi connectivity index (χ2n) is 4.69. The quantitative estimate of drug-likeness (QED) is 0.834. The highest BCUT2D eigenvalue weighted by atomic mass is 19.3. The Morgan fingerprint density at radius 1 is 1.50 bits per heavy atom. The number of ether oxygens (including phenoxy) is 1. The van der Waals surface area contributed by atoms with Crippen molar-refractivity contribution in [3.05, 3.63) is 24.4 Å². The van der Waals surface area contributed by atoms with Gasteiger partial charge in [-0.1, -0.05) is 0 Å². The van der Waals surface area contributed by atoms with Crippen molar-refractivity contribution in [3.63, 3.8) is 0 Å². The zero-order chi connectivity index (χ0) is 16.1. The molecule has 0 aliphatic rings. The molecule has 8 heteroatoms. The molecule has 120 valence electrons. The minimum atomic E-state index is -2.69. The van der Waals surface area contributed by atoms with Crippen LogP contribution in [0.4, 0.5) is 19.3 Å². The molecule has 1 heterocycles. The van der Waals surface area contributed by atoms with Crippen LogP contribution < -0.4 is 5.32 Å². The van der Waals surface area contributed by atoms with Gasteiger partial charge in [-0.25, -0.2) is 9.48 Å². The predicted octanol–water partition coefficient (Wildman–Crippen LogP) is 2.93. The highest BCUT2D eigenvalue weighted by molar-refractivity contribution is 5.92. The highest BCUT2D eigenvalue weighted by Crippen LogP contribution is 2.22. The number of hydrogen-bond acceptors (Lipinski definition) is 3. The molecule has 1 aromatic heterocycles. The number of halogens is 2. The maximum absolute atomic E-state index is 12.7. The fraction of sp³-hybridized carbons (Fsp3) is 0.429. The first-order chi connectivity index (χ1) is 10.5. The summed E-state index contributed by atoms with van der Waals surface area (Å²) in [6.07, 6.45) is 1.34. The Labute approximate surface area is 126 Å². The fourth-order valence-corrected chi connectivity index (χ4v) is 1.95. The molecule has 0 radical (unpaired) electrons. The van der Waals surface area contributed by atoms with Crippen LogP contribution in [0, 0.1) is 0 Å². The van der Waals surface area contributed by atoms with Gasteiger partial charge in [-0.2, -0.15) is 13.9 Å². The Morgan fingerprint density at radius 2 is 2.27 bits per heavy atom. The maximum Gasteiger partial charge on any atom is 0.333 e. The molecule has 0 saturated carbocycles. The van der Waals surface area contributed by atoms with E-state index in [4.69, 9.17) is 4.74 Å². The Hall–Kier alpha value is -2.22. The summed E-state index contributed by atoms with van der Waals surface area (Å²) in [5, 5.41) is 6.87. The molecule has 0 fully saturated rings. The molecule has 2 rings (SSSR count). The van der Waals surface area contributed by atoms with Crippen molar-refractivity contribution in [2.75, 3.05) is 32.1 Å². The number of nitrogens with zero attached hydrogens (tertiary/aromatic N) is 3. The average molecular weight is 312 g/mol. The van der Waals surface area contributed by atoms with Gasteiger partial charge in [0.05, 0.1) is 18.3 Å². The van der Waals surface area contributed by atoms with E-state index in [1.165, 1.54) is 17.2 Å². The lowest BCUT2D eigenvalue weighted by Gasteiger charge is -2.17. The smallest absolute Gasteiger partial charge is 0.333 e. The van der Waals surface area contributed by atoms with Gasteiger partial charge in [0, 0.05) is 31.3 Å². The summed E-state index contributed by atoms with van der Waals surface area (Å²) in [4.78, 5) is 13.5. The SMILES string of the molecule is CCOCCN(C)C(=O)Nc1ccc2c(cnn2C(F)F)c1. The van der Waals surface area contributed by atoms with Crippen LogP contribution >= 0.6 is 0 Å². The van der Waals surface area contributed by atoms with Crippen LogP contribution in [-0.2, 0) is 4.74 Å². The van der Waals surface area contributed by atoms with Crippen LogP contribution in [0.25, 0.3) is 10.9 Å². The first-order valence-electron chi connectivity index (χ1n) is 6.88. The van der Waals surface area contributed by atoms with Gasteiger partial charge in [0.2, 0.25) is 0 Å². The summed E-state index contributed by atoms with van der Waals surface area (Å²) in [5.74, 6) is 0. The molecule has 0 spiro atoms.